The van der Waals surface area contributed by atoms with E-state index in [2.05, 4.69) is 20.9 Å². The highest BCUT2D eigenvalue weighted by atomic mass is 127. The molecule has 0 spiro atoms. The molecule has 6 heteroatoms. The zero-order valence-corrected chi connectivity index (χ0v) is 17.4. The number of guanidine groups is 1. The van der Waals surface area contributed by atoms with Gasteiger partial charge in [-0.1, -0.05) is 44.9 Å². The van der Waals surface area contributed by atoms with Crippen LogP contribution >= 0.6 is 24.0 Å². The number of hydrogen-bond acceptors (Lipinski definition) is 2. The maximum absolute atomic E-state index is 12.0. The minimum Gasteiger partial charge on any atom is -0.356 e. The van der Waals surface area contributed by atoms with Gasteiger partial charge < -0.3 is 16.0 Å². The van der Waals surface area contributed by atoms with Crippen LogP contribution in [0.25, 0.3) is 0 Å². The molecule has 2 saturated carbocycles. The second-order valence-corrected chi connectivity index (χ2v) is 7.05. The first-order valence-corrected chi connectivity index (χ1v) is 9.52. The van der Waals surface area contributed by atoms with Crippen molar-refractivity contribution in [1.82, 2.24) is 16.0 Å². The van der Waals surface area contributed by atoms with Crippen molar-refractivity contribution in [3.05, 3.63) is 0 Å². The lowest BCUT2D eigenvalue weighted by Gasteiger charge is -2.23. The molecule has 0 aromatic rings. The summed E-state index contributed by atoms with van der Waals surface area (Å²) in [4.78, 5) is 16.2. The van der Waals surface area contributed by atoms with E-state index in [1.54, 1.807) is 7.05 Å². The van der Waals surface area contributed by atoms with Gasteiger partial charge in [-0.25, -0.2) is 0 Å². The Hall–Kier alpha value is -0.530. The predicted octanol–water partition coefficient (Wildman–Crippen LogP) is 3.19. The SMILES string of the molecule is CN=C(NCCCC1CCCC1)NCC(=O)NC1CCCCC1.I. The molecule has 0 radical (unpaired) electrons. The van der Waals surface area contributed by atoms with E-state index in [4.69, 9.17) is 0 Å². The van der Waals surface area contributed by atoms with Crippen LogP contribution in [0.5, 0.6) is 0 Å². The minimum atomic E-state index is 0. The molecule has 3 N–H and O–H groups in total. The van der Waals surface area contributed by atoms with E-state index in [1.165, 1.54) is 57.8 Å². The molecular weight excluding hydrogens is 415 g/mol. The van der Waals surface area contributed by atoms with Gasteiger partial charge in [0.25, 0.3) is 0 Å². The molecule has 0 saturated heterocycles. The van der Waals surface area contributed by atoms with E-state index >= 15 is 0 Å². The summed E-state index contributed by atoms with van der Waals surface area (Å²) in [7, 11) is 1.76. The maximum Gasteiger partial charge on any atom is 0.239 e. The van der Waals surface area contributed by atoms with Crippen molar-refractivity contribution in [2.75, 3.05) is 20.1 Å². The summed E-state index contributed by atoms with van der Waals surface area (Å²) in [6.07, 6.45) is 14.2. The molecule has 0 aromatic carbocycles. The Balaban J connectivity index is 0.00000288. The van der Waals surface area contributed by atoms with E-state index in [0.717, 1.165) is 31.3 Å². The van der Waals surface area contributed by atoms with Crippen LogP contribution in [0.1, 0.15) is 70.6 Å². The molecular formula is C18H35IN4O. The standard InChI is InChI=1S/C18H34N4O.HI/c1-19-18(20-13-7-10-15-8-5-6-9-15)21-14-17(23)22-16-11-3-2-4-12-16;/h15-16H,2-14H2,1H3,(H,22,23)(H2,19,20,21);1H. The van der Waals surface area contributed by atoms with Crippen molar-refractivity contribution in [2.45, 2.75) is 76.7 Å². The molecule has 1 amide bonds. The van der Waals surface area contributed by atoms with Gasteiger partial charge in [-0.3, -0.25) is 9.79 Å². The van der Waals surface area contributed by atoms with Gasteiger partial charge in [-0.2, -0.15) is 0 Å². The first-order chi connectivity index (χ1) is 11.3. The second-order valence-electron chi connectivity index (χ2n) is 7.05. The first kappa shape index (κ1) is 21.5. The number of hydrogen-bond donors (Lipinski definition) is 3. The number of carbonyl (C=O) groups is 1. The third-order valence-corrected chi connectivity index (χ3v) is 5.17. The Morgan fingerprint density at radius 3 is 2.33 bits per heavy atom. The monoisotopic (exact) mass is 450 g/mol. The Kier molecular flexibility index (Phi) is 11.5. The van der Waals surface area contributed by atoms with Gasteiger partial charge in [0, 0.05) is 19.6 Å². The van der Waals surface area contributed by atoms with E-state index in [-0.39, 0.29) is 29.9 Å². The molecule has 0 aliphatic heterocycles. The summed E-state index contributed by atoms with van der Waals surface area (Å²) in [5.41, 5.74) is 0. The van der Waals surface area contributed by atoms with Crippen molar-refractivity contribution in [1.29, 1.82) is 0 Å². The van der Waals surface area contributed by atoms with Crippen LogP contribution in [0.4, 0.5) is 0 Å². The van der Waals surface area contributed by atoms with Crippen LogP contribution in [-0.2, 0) is 4.79 Å². The molecule has 2 rings (SSSR count). The lowest BCUT2D eigenvalue weighted by atomic mass is 9.95. The Labute approximate surface area is 164 Å². The topological polar surface area (TPSA) is 65.5 Å². The molecule has 24 heavy (non-hydrogen) atoms. The molecule has 2 aliphatic carbocycles. The highest BCUT2D eigenvalue weighted by molar-refractivity contribution is 14.0. The summed E-state index contributed by atoms with van der Waals surface area (Å²) in [6, 6.07) is 0.374. The minimum absolute atomic E-state index is 0. The molecule has 0 aromatic heterocycles. The summed E-state index contributed by atoms with van der Waals surface area (Å²) < 4.78 is 0. The van der Waals surface area contributed by atoms with Crippen molar-refractivity contribution >= 4 is 35.8 Å². The molecule has 0 bridgehead atoms. The van der Waals surface area contributed by atoms with E-state index in [0.29, 0.717) is 12.6 Å². The highest BCUT2D eigenvalue weighted by Crippen LogP contribution is 2.28. The lowest BCUT2D eigenvalue weighted by molar-refractivity contribution is -0.120. The fourth-order valence-corrected chi connectivity index (χ4v) is 3.81. The van der Waals surface area contributed by atoms with Crippen LogP contribution in [0.2, 0.25) is 0 Å². The molecule has 0 atom stereocenters. The van der Waals surface area contributed by atoms with Crippen molar-refractivity contribution < 1.29 is 4.79 Å². The largest absolute Gasteiger partial charge is 0.356 e. The van der Waals surface area contributed by atoms with Gasteiger partial charge in [0.2, 0.25) is 5.91 Å². The van der Waals surface area contributed by atoms with Crippen LogP contribution < -0.4 is 16.0 Å². The zero-order chi connectivity index (χ0) is 16.3. The third kappa shape index (κ3) is 8.53. The summed E-state index contributed by atoms with van der Waals surface area (Å²) in [5, 5.41) is 9.54. The summed E-state index contributed by atoms with van der Waals surface area (Å²) in [6.45, 7) is 1.24. The van der Waals surface area contributed by atoms with Gasteiger partial charge in [-0.05, 0) is 31.6 Å². The van der Waals surface area contributed by atoms with Crippen molar-refractivity contribution in [3.63, 3.8) is 0 Å². The van der Waals surface area contributed by atoms with E-state index in [1.807, 2.05) is 0 Å². The van der Waals surface area contributed by atoms with E-state index < -0.39 is 0 Å². The third-order valence-electron chi connectivity index (χ3n) is 5.17. The van der Waals surface area contributed by atoms with Crippen molar-refractivity contribution in [2.24, 2.45) is 10.9 Å². The fourth-order valence-electron chi connectivity index (χ4n) is 3.81. The number of nitrogens with zero attached hydrogens (tertiary/aromatic N) is 1. The molecule has 0 unspecified atom stereocenters. The maximum atomic E-state index is 12.0. The number of halogens is 1. The van der Waals surface area contributed by atoms with Gasteiger partial charge in [-0.15, -0.1) is 24.0 Å². The lowest BCUT2D eigenvalue weighted by Crippen LogP contribution is -2.46. The normalized spacial score (nSPS) is 19.6. The average Bonchev–Trinajstić information content (AvgIpc) is 3.08. The Morgan fingerprint density at radius 2 is 1.67 bits per heavy atom. The van der Waals surface area contributed by atoms with Crippen LogP contribution in [0.15, 0.2) is 4.99 Å². The van der Waals surface area contributed by atoms with Gasteiger partial charge >= 0.3 is 0 Å². The number of carbonyl (C=O) groups excluding carboxylic acids is 1. The predicted molar refractivity (Wildman–Crippen MR) is 111 cm³/mol. The van der Waals surface area contributed by atoms with Crippen LogP contribution in [0.3, 0.4) is 0 Å². The highest BCUT2D eigenvalue weighted by Gasteiger charge is 2.16. The Bertz CT molecular complexity index is 377. The van der Waals surface area contributed by atoms with Crippen LogP contribution in [0, 0.1) is 5.92 Å². The van der Waals surface area contributed by atoms with E-state index in [9.17, 15) is 4.79 Å². The van der Waals surface area contributed by atoms with Gasteiger partial charge in [0.15, 0.2) is 5.96 Å². The van der Waals surface area contributed by atoms with Gasteiger partial charge in [0.05, 0.1) is 6.54 Å². The Morgan fingerprint density at radius 1 is 1.00 bits per heavy atom. The zero-order valence-electron chi connectivity index (χ0n) is 15.1. The quantitative estimate of drug-likeness (QED) is 0.242. The van der Waals surface area contributed by atoms with Crippen molar-refractivity contribution in [3.8, 4) is 0 Å². The van der Waals surface area contributed by atoms with Gasteiger partial charge in [0.1, 0.15) is 0 Å². The molecule has 140 valence electrons. The fraction of sp³-hybridized carbons (Fsp3) is 0.889. The average molecular weight is 450 g/mol. The van der Waals surface area contributed by atoms with Crippen LogP contribution in [-0.4, -0.2) is 38.0 Å². The molecule has 2 fully saturated rings. The second kappa shape index (κ2) is 12.8. The number of nitrogens with one attached hydrogen (secondary N) is 3. The number of aliphatic imine (C=N–C) groups is 1. The first-order valence-electron chi connectivity index (χ1n) is 9.52. The number of amides is 1. The summed E-state index contributed by atoms with van der Waals surface area (Å²) >= 11 is 0. The smallest absolute Gasteiger partial charge is 0.239 e. The molecule has 0 heterocycles. The molecule has 2 aliphatic rings. The number of rotatable bonds is 7. The molecule has 5 nitrogen and oxygen atoms in total. The summed E-state index contributed by atoms with van der Waals surface area (Å²) in [5.74, 6) is 1.74.